The second-order valence-corrected chi connectivity index (χ2v) is 5.92. The van der Waals surface area contributed by atoms with Gasteiger partial charge in [0.2, 0.25) is 0 Å². The zero-order valence-electron chi connectivity index (χ0n) is 10.3. The van der Waals surface area contributed by atoms with Gasteiger partial charge >= 0.3 is 0 Å². The summed E-state index contributed by atoms with van der Waals surface area (Å²) in [4.78, 5) is 1.42. The fourth-order valence-corrected chi connectivity index (χ4v) is 2.32. The van der Waals surface area contributed by atoms with Gasteiger partial charge in [0.25, 0.3) is 0 Å². The molecular weight excluding hydrogens is 216 g/mol. The van der Waals surface area contributed by atoms with E-state index < -0.39 is 0 Å². The number of thiophene rings is 1. The third-order valence-electron chi connectivity index (χ3n) is 2.63. The minimum Gasteiger partial charge on any atom is -0.314 e. The minimum absolute atomic E-state index is 0.213. The van der Waals surface area contributed by atoms with Gasteiger partial charge in [-0.2, -0.15) is 5.26 Å². The highest BCUT2D eigenvalue weighted by atomic mass is 32.1. The highest BCUT2D eigenvalue weighted by Gasteiger charge is 2.16. The van der Waals surface area contributed by atoms with Crippen LogP contribution in [0.5, 0.6) is 0 Å². The maximum Gasteiger partial charge on any atom is 0.0684 e. The van der Waals surface area contributed by atoms with E-state index in [1.54, 1.807) is 11.3 Å². The lowest BCUT2D eigenvalue weighted by molar-refractivity contribution is 0.413. The van der Waals surface area contributed by atoms with Gasteiger partial charge in [0.1, 0.15) is 0 Å². The molecule has 0 fully saturated rings. The Kier molecular flexibility index (Phi) is 4.98. The third kappa shape index (κ3) is 4.78. The molecule has 0 saturated heterocycles. The van der Waals surface area contributed by atoms with Crippen molar-refractivity contribution in [3.63, 3.8) is 0 Å². The van der Waals surface area contributed by atoms with Crippen molar-refractivity contribution in [2.24, 2.45) is 5.41 Å². The molecule has 1 aromatic heterocycles. The average molecular weight is 236 g/mol. The number of hydrogen-bond donors (Lipinski definition) is 1. The van der Waals surface area contributed by atoms with Gasteiger partial charge < -0.3 is 5.32 Å². The smallest absolute Gasteiger partial charge is 0.0684 e. The van der Waals surface area contributed by atoms with Crippen LogP contribution in [0.25, 0.3) is 0 Å². The number of nitriles is 1. The van der Waals surface area contributed by atoms with Crippen LogP contribution in [0.2, 0.25) is 0 Å². The number of hydrogen-bond acceptors (Lipinski definition) is 3. The van der Waals surface area contributed by atoms with Crippen LogP contribution < -0.4 is 5.32 Å². The lowest BCUT2D eigenvalue weighted by atomic mass is 9.91. The maximum atomic E-state index is 8.89. The highest BCUT2D eigenvalue weighted by Crippen LogP contribution is 2.17. The molecule has 0 aliphatic heterocycles. The molecule has 0 aliphatic carbocycles. The van der Waals surface area contributed by atoms with Crippen LogP contribution in [-0.2, 0) is 6.42 Å². The van der Waals surface area contributed by atoms with E-state index in [1.165, 1.54) is 4.88 Å². The van der Waals surface area contributed by atoms with Gasteiger partial charge in [0, 0.05) is 10.9 Å². The lowest BCUT2D eigenvalue weighted by Gasteiger charge is -2.18. The van der Waals surface area contributed by atoms with E-state index in [2.05, 4.69) is 35.8 Å². The van der Waals surface area contributed by atoms with Crippen LogP contribution >= 0.6 is 11.3 Å². The van der Waals surface area contributed by atoms with E-state index in [4.69, 9.17) is 5.26 Å². The van der Waals surface area contributed by atoms with E-state index in [-0.39, 0.29) is 5.41 Å². The van der Waals surface area contributed by atoms with Crippen molar-refractivity contribution in [2.45, 2.75) is 39.7 Å². The van der Waals surface area contributed by atoms with Gasteiger partial charge in [0.15, 0.2) is 0 Å². The van der Waals surface area contributed by atoms with Crippen molar-refractivity contribution in [3.05, 3.63) is 22.4 Å². The standard InChI is InChI=1S/C13H20N2S/c1-11(9-12-5-4-8-16-12)15-7-6-13(2,3)10-14/h4-5,8,11,15H,6-7,9H2,1-3H3. The molecule has 0 amide bonds. The van der Waals surface area contributed by atoms with E-state index in [9.17, 15) is 0 Å². The zero-order chi connectivity index (χ0) is 12.0. The Balaban J connectivity index is 2.21. The Labute approximate surface area is 102 Å². The number of nitrogens with one attached hydrogen (secondary N) is 1. The minimum atomic E-state index is -0.213. The number of rotatable bonds is 6. The first-order valence-corrected chi connectivity index (χ1v) is 6.58. The summed E-state index contributed by atoms with van der Waals surface area (Å²) in [5, 5.41) is 14.5. The molecule has 1 N–H and O–H groups in total. The molecule has 0 saturated carbocycles. The molecule has 0 radical (unpaired) electrons. The zero-order valence-corrected chi connectivity index (χ0v) is 11.1. The van der Waals surface area contributed by atoms with Crippen molar-refractivity contribution in [2.75, 3.05) is 6.54 Å². The van der Waals surface area contributed by atoms with Crippen molar-refractivity contribution < 1.29 is 0 Å². The van der Waals surface area contributed by atoms with Gasteiger partial charge in [-0.3, -0.25) is 0 Å². The fraction of sp³-hybridized carbons (Fsp3) is 0.615. The van der Waals surface area contributed by atoms with Gasteiger partial charge in [-0.25, -0.2) is 0 Å². The molecule has 1 aromatic rings. The predicted octanol–water partition coefficient (Wildman–Crippen LogP) is 3.21. The molecule has 1 unspecified atom stereocenters. The van der Waals surface area contributed by atoms with Crippen LogP contribution in [0.1, 0.15) is 32.1 Å². The van der Waals surface area contributed by atoms with Crippen molar-refractivity contribution in [1.29, 1.82) is 5.26 Å². The summed E-state index contributed by atoms with van der Waals surface area (Å²) in [5.74, 6) is 0. The van der Waals surface area contributed by atoms with Crippen LogP contribution in [0.15, 0.2) is 17.5 Å². The van der Waals surface area contributed by atoms with Crippen LogP contribution in [-0.4, -0.2) is 12.6 Å². The summed E-state index contributed by atoms with van der Waals surface area (Å²) in [6, 6.07) is 7.06. The average Bonchev–Trinajstić information content (AvgIpc) is 2.70. The molecule has 0 spiro atoms. The Hall–Kier alpha value is -0.850. The number of nitrogens with zero attached hydrogens (tertiary/aromatic N) is 1. The molecule has 3 heteroatoms. The summed E-state index contributed by atoms with van der Waals surface area (Å²) in [5.41, 5.74) is -0.213. The Morgan fingerprint density at radius 3 is 2.88 bits per heavy atom. The first kappa shape index (κ1) is 13.2. The van der Waals surface area contributed by atoms with Crippen LogP contribution in [0.4, 0.5) is 0 Å². The predicted molar refractivity (Wildman–Crippen MR) is 69.5 cm³/mol. The van der Waals surface area contributed by atoms with Crippen molar-refractivity contribution in [3.8, 4) is 6.07 Å². The van der Waals surface area contributed by atoms with E-state index in [0.29, 0.717) is 6.04 Å². The van der Waals surface area contributed by atoms with Crippen LogP contribution in [0.3, 0.4) is 0 Å². The Morgan fingerprint density at radius 1 is 1.56 bits per heavy atom. The highest BCUT2D eigenvalue weighted by molar-refractivity contribution is 7.09. The van der Waals surface area contributed by atoms with Gasteiger partial charge in [0.05, 0.1) is 11.5 Å². The molecule has 1 heterocycles. The topological polar surface area (TPSA) is 35.8 Å². The normalized spacial score (nSPS) is 13.4. The summed E-state index contributed by atoms with van der Waals surface area (Å²) in [6.45, 7) is 7.07. The molecule has 2 nitrogen and oxygen atoms in total. The van der Waals surface area contributed by atoms with E-state index >= 15 is 0 Å². The van der Waals surface area contributed by atoms with Gasteiger partial charge in [-0.1, -0.05) is 6.07 Å². The van der Waals surface area contributed by atoms with E-state index in [1.807, 2.05) is 13.8 Å². The summed E-state index contributed by atoms with van der Waals surface area (Å²) < 4.78 is 0. The molecule has 0 aliphatic rings. The summed E-state index contributed by atoms with van der Waals surface area (Å²) in [7, 11) is 0. The van der Waals surface area contributed by atoms with Gasteiger partial charge in [-0.15, -0.1) is 11.3 Å². The molecule has 16 heavy (non-hydrogen) atoms. The monoisotopic (exact) mass is 236 g/mol. The second-order valence-electron chi connectivity index (χ2n) is 4.88. The third-order valence-corrected chi connectivity index (χ3v) is 3.53. The SMILES string of the molecule is CC(Cc1cccs1)NCCC(C)(C)C#N. The molecule has 0 bridgehead atoms. The summed E-state index contributed by atoms with van der Waals surface area (Å²) in [6.07, 6.45) is 1.98. The summed E-state index contributed by atoms with van der Waals surface area (Å²) >= 11 is 1.80. The van der Waals surface area contributed by atoms with Gasteiger partial charge in [-0.05, 0) is 51.6 Å². The van der Waals surface area contributed by atoms with Crippen molar-refractivity contribution in [1.82, 2.24) is 5.32 Å². The molecule has 88 valence electrons. The second kappa shape index (κ2) is 6.03. The largest absolute Gasteiger partial charge is 0.314 e. The fourth-order valence-electron chi connectivity index (χ4n) is 1.49. The first-order valence-electron chi connectivity index (χ1n) is 5.70. The Bertz CT molecular complexity index is 335. The molecule has 0 aromatic carbocycles. The quantitative estimate of drug-likeness (QED) is 0.823. The molecular formula is C13H20N2S. The molecule has 1 atom stereocenters. The van der Waals surface area contributed by atoms with Crippen molar-refractivity contribution >= 4 is 11.3 Å². The van der Waals surface area contributed by atoms with E-state index in [0.717, 1.165) is 19.4 Å². The van der Waals surface area contributed by atoms with Crippen LogP contribution in [0, 0.1) is 16.7 Å². The lowest BCUT2D eigenvalue weighted by Crippen LogP contribution is -2.31. The maximum absolute atomic E-state index is 8.89. The molecule has 1 rings (SSSR count). The first-order chi connectivity index (χ1) is 7.53. The Morgan fingerprint density at radius 2 is 2.31 bits per heavy atom.